The van der Waals surface area contributed by atoms with Crippen LogP contribution < -0.4 is 0 Å². The van der Waals surface area contributed by atoms with Crippen LogP contribution >= 0.6 is 11.3 Å². The predicted molar refractivity (Wildman–Crippen MR) is 258 cm³/mol. The molecule has 0 saturated carbocycles. The number of benzene rings is 9. The molecule has 0 aliphatic heterocycles. The van der Waals surface area contributed by atoms with Gasteiger partial charge in [-0.05, 0) is 115 Å². The van der Waals surface area contributed by atoms with Gasteiger partial charge in [0.15, 0.2) is 5.82 Å². The molecule has 13 rings (SSSR count). The second kappa shape index (κ2) is 13.7. The highest BCUT2D eigenvalue weighted by Gasteiger charge is 2.51. The molecule has 2 aliphatic carbocycles. The summed E-state index contributed by atoms with van der Waals surface area (Å²) in [6.07, 6.45) is 0. The molecule has 2 aliphatic rings. The van der Waals surface area contributed by atoms with Crippen molar-refractivity contribution in [3.8, 4) is 78.4 Å². The van der Waals surface area contributed by atoms with E-state index in [4.69, 9.17) is 9.97 Å². The summed E-state index contributed by atoms with van der Waals surface area (Å²) in [5.41, 5.74) is 19.5. The molecule has 0 atom stereocenters. The maximum Gasteiger partial charge on any atom is 0.160 e. The van der Waals surface area contributed by atoms with Gasteiger partial charge in [0.2, 0.25) is 0 Å². The average molecular weight is 805 g/mol. The number of rotatable bonds is 5. The highest BCUT2D eigenvalue weighted by atomic mass is 32.1. The molecule has 11 aromatic rings. The Morgan fingerprint density at radius 2 is 0.790 bits per heavy atom. The first-order valence-electron chi connectivity index (χ1n) is 21.2. The van der Waals surface area contributed by atoms with Crippen LogP contribution in [0.4, 0.5) is 0 Å². The van der Waals surface area contributed by atoms with E-state index in [0.717, 1.165) is 44.8 Å². The summed E-state index contributed by atoms with van der Waals surface area (Å²) in [7, 11) is 0. The minimum absolute atomic E-state index is 0.443. The van der Waals surface area contributed by atoms with Crippen molar-refractivity contribution < 1.29 is 0 Å². The van der Waals surface area contributed by atoms with Crippen LogP contribution in [0.25, 0.3) is 98.6 Å². The highest BCUT2D eigenvalue weighted by molar-refractivity contribution is 7.25. The van der Waals surface area contributed by atoms with Gasteiger partial charge in [-0.15, -0.1) is 11.3 Å². The Hall–Kier alpha value is -7.72. The van der Waals surface area contributed by atoms with Crippen molar-refractivity contribution in [2.24, 2.45) is 0 Å². The Kier molecular flexibility index (Phi) is 7.72. The number of hydrogen-bond acceptors (Lipinski definition) is 3. The summed E-state index contributed by atoms with van der Waals surface area (Å²) >= 11 is 1.85. The lowest BCUT2D eigenvalue weighted by atomic mass is 9.70. The van der Waals surface area contributed by atoms with Gasteiger partial charge in [0, 0.05) is 36.9 Å². The lowest BCUT2D eigenvalue weighted by Gasteiger charge is -2.30. The van der Waals surface area contributed by atoms with Crippen molar-refractivity contribution in [3.05, 3.63) is 241 Å². The second-order valence-electron chi connectivity index (χ2n) is 16.4. The molecule has 0 bridgehead atoms. The fourth-order valence-electron chi connectivity index (χ4n) is 10.4. The summed E-state index contributed by atoms with van der Waals surface area (Å²) in [6.45, 7) is 0. The van der Waals surface area contributed by atoms with E-state index >= 15 is 0 Å². The molecule has 2 nitrogen and oxygen atoms in total. The Morgan fingerprint density at radius 3 is 1.47 bits per heavy atom. The van der Waals surface area contributed by atoms with Crippen molar-refractivity contribution >= 4 is 31.5 Å². The van der Waals surface area contributed by atoms with Crippen LogP contribution in [0.15, 0.2) is 218 Å². The number of fused-ring (bicyclic) bond motifs is 13. The van der Waals surface area contributed by atoms with E-state index in [0.29, 0.717) is 5.82 Å². The topological polar surface area (TPSA) is 25.8 Å². The zero-order chi connectivity index (χ0) is 40.8. The predicted octanol–water partition coefficient (Wildman–Crippen LogP) is 15.5. The maximum absolute atomic E-state index is 5.39. The molecule has 288 valence electrons. The van der Waals surface area contributed by atoms with E-state index in [1.807, 2.05) is 17.4 Å². The molecule has 0 saturated heterocycles. The van der Waals surface area contributed by atoms with Crippen LogP contribution in [-0.4, -0.2) is 9.97 Å². The quantitative estimate of drug-likeness (QED) is 0.173. The molecular formula is C59H36N2S. The van der Waals surface area contributed by atoms with Crippen LogP contribution in [0, 0.1) is 0 Å². The third-order valence-corrected chi connectivity index (χ3v) is 14.2. The van der Waals surface area contributed by atoms with Gasteiger partial charge in [0.25, 0.3) is 0 Å². The maximum atomic E-state index is 5.39. The van der Waals surface area contributed by atoms with Crippen molar-refractivity contribution in [1.82, 2.24) is 9.97 Å². The summed E-state index contributed by atoms with van der Waals surface area (Å²) in [5, 5.41) is 2.58. The van der Waals surface area contributed by atoms with Crippen LogP contribution in [-0.2, 0) is 5.41 Å². The minimum atomic E-state index is -0.443. The number of aromatic nitrogens is 2. The number of hydrogen-bond donors (Lipinski definition) is 0. The molecule has 0 unspecified atom stereocenters. The van der Waals surface area contributed by atoms with Crippen molar-refractivity contribution in [2.75, 3.05) is 0 Å². The van der Waals surface area contributed by atoms with E-state index in [1.54, 1.807) is 0 Å². The van der Waals surface area contributed by atoms with Crippen molar-refractivity contribution in [2.45, 2.75) is 5.41 Å². The van der Waals surface area contributed by atoms with Gasteiger partial charge in [0.05, 0.1) is 16.8 Å². The van der Waals surface area contributed by atoms with E-state index in [-0.39, 0.29) is 0 Å². The van der Waals surface area contributed by atoms with Crippen LogP contribution in [0.3, 0.4) is 0 Å². The first-order valence-corrected chi connectivity index (χ1v) is 22.0. The molecule has 1 spiro atoms. The van der Waals surface area contributed by atoms with Gasteiger partial charge in [-0.3, -0.25) is 0 Å². The summed E-state index contributed by atoms with van der Waals surface area (Å²) in [5.74, 6) is 0.700. The van der Waals surface area contributed by atoms with Crippen molar-refractivity contribution in [3.63, 3.8) is 0 Å². The first kappa shape index (κ1) is 35.1. The SMILES string of the molecule is c1ccc(-c2cc(-c3ccc4sc5ccccc5c4c3)cc(-c3cc(-c4ccc5c(c4)C4(c6ccccc6-c6ccccc64)c4ccccc4-5)nc(-c4ccccc4)n3)c2)cc1. The van der Waals surface area contributed by atoms with Crippen LogP contribution in [0.5, 0.6) is 0 Å². The molecule has 3 heteroatoms. The third kappa shape index (κ3) is 5.22. The van der Waals surface area contributed by atoms with Gasteiger partial charge >= 0.3 is 0 Å². The molecule has 2 heterocycles. The highest BCUT2D eigenvalue weighted by Crippen LogP contribution is 2.63. The van der Waals surface area contributed by atoms with Gasteiger partial charge in [-0.1, -0.05) is 170 Å². The third-order valence-electron chi connectivity index (χ3n) is 13.1. The largest absolute Gasteiger partial charge is 0.228 e. The molecule has 0 radical (unpaired) electrons. The molecule has 0 N–H and O–H groups in total. The minimum Gasteiger partial charge on any atom is -0.228 e. The Balaban J connectivity index is 1.03. The van der Waals surface area contributed by atoms with Gasteiger partial charge in [0.1, 0.15) is 0 Å². The molecule has 9 aromatic carbocycles. The summed E-state index contributed by atoms with van der Waals surface area (Å²) < 4.78 is 2.61. The molecule has 62 heavy (non-hydrogen) atoms. The molecule has 0 fully saturated rings. The second-order valence-corrected chi connectivity index (χ2v) is 17.5. The Morgan fingerprint density at radius 1 is 0.290 bits per heavy atom. The lowest BCUT2D eigenvalue weighted by Crippen LogP contribution is -2.25. The zero-order valence-corrected chi connectivity index (χ0v) is 34.4. The number of nitrogens with zero attached hydrogens (tertiary/aromatic N) is 2. The summed E-state index contributed by atoms with van der Waals surface area (Å²) in [6, 6.07) is 79.8. The van der Waals surface area contributed by atoms with Gasteiger partial charge in [-0.25, -0.2) is 9.97 Å². The van der Waals surface area contributed by atoms with E-state index in [1.165, 1.54) is 70.2 Å². The zero-order valence-electron chi connectivity index (χ0n) is 33.6. The molecule has 2 aromatic heterocycles. The Labute approximate surface area is 364 Å². The standard InChI is InChI=1S/C59H36N2S/c1-3-15-37(16-4-1)41-31-42(39-28-30-57-49(34-39)48-22-10-14-26-56(48)62-57)33-43(32-41)55-36-54(60-58(61-55)38-17-5-2-6-18-38)40-27-29-47-46-21-9-13-25-52(46)59(53(47)35-40)50-23-11-7-19-44(50)45-20-8-12-24-51(45)59/h1-36H. The number of thiophene rings is 1. The summed E-state index contributed by atoms with van der Waals surface area (Å²) in [4.78, 5) is 10.8. The smallest absolute Gasteiger partial charge is 0.160 e. The molecular weight excluding hydrogens is 769 g/mol. The van der Waals surface area contributed by atoms with E-state index in [2.05, 4.69) is 212 Å². The van der Waals surface area contributed by atoms with E-state index in [9.17, 15) is 0 Å². The average Bonchev–Trinajstić information content (AvgIpc) is 3.98. The van der Waals surface area contributed by atoms with Crippen LogP contribution in [0.1, 0.15) is 22.3 Å². The first-order chi connectivity index (χ1) is 30.7. The fraction of sp³-hybridized carbons (Fsp3) is 0.0169. The monoisotopic (exact) mass is 804 g/mol. The van der Waals surface area contributed by atoms with Gasteiger partial charge in [-0.2, -0.15) is 0 Å². The van der Waals surface area contributed by atoms with Gasteiger partial charge < -0.3 is 0 Å². The Bertz CT molecular complexity index is 3520. The molecule has 0 amide bonds. The van der Waals surface area contributed by atoms with E-state index < -0.39 is 5.41 Å². The fourth-order valence-corrected chi connectivity index (χ4v) is 11.4. The van der Waals surface area contributed by atoms with Crippen molar-refractivity contribution in [1.29, 1.82) is 0 Å². The lowest BCUT2D eigenvalue weighted by molar-refractivity contribution is 0.794. The normalized spacial score (nSPS) is 13.0. The van der Waals surface area contributed by atoms with Crippen LogP contribution in [0.2, 0.25) is 0 Å².